The van der Waals surface area contributed by atoms with E-state index in [0.717, 1.165) is 6.42 Å². The van der Waals surface area contributed by atoms with Gasteiger partial charge in [0, 0.05) is 11.3 Å². The minimum absolute atomic E-state index is 1.04. The van der Waals surface area contributed by atoms with Crippen LogP contribution in [0, 0.1) is 6.92 Å². The lowest BCUT2D eigenvalue weighted by Gasteiger charge is -1.98. The predicted octanol–water partition coefficient (Wildman–Crippen LogP) is 4.41. The Bertz CT molecular complexity index is 414. The summed E-state index contributed by atoms with van der Waals surface area (Å²) < 4.78 is 1.21. The Hall–Kier alpha value is -0.600. The molecule has 0 amide bonds. The normalized spacial score (nSPS) is 10.4. The van der Waals surface area contributed by atoms with Crippen LogP contribution in [0.2, 0.25) is 0 Å². The Morgan fingerprint density at radius 3 is 2.36 bits per heavy atom. The second kappa shape index (κ2) is 4.28. The van der Waals surface area contributed by atoms with Gasteiger partial charge in [0.15, 0.2) is 0 Å². The van der Waals surface area contributed by atoms with Crippen molar-refractivity contribution in [1.29, 1.82) is 0 Å². The van der Waals surface area contributed by atoms with Gasteiger partial charge in [-0.2, -0.15) is 0 Å². The molecular formula is C12H11BrS. The molecule has 0 bridgehead atoms. The molecule has 0 saturated heterocycles. The van der Waals surface area contributed by atoms with Crippen molar-refractivity contribution < 1.29 is 0 Å². The number of aryl methyl sites for hydroxylation is 1. The van der Waals surface area contributed by atoms with Gasteiger partial charge < -0.3 is 0 Å². The zero-order chi connectivity index (χ0) is 9.97. The van der Waals surface area contributed by atoms with Crippen LogP contribution in [0.5, 0.6) is 0 Å². The summed E-state index contributed by atoms with van der Waals surface area (Å²) in [5, 5.41) is 0. The van der Waals surface area contributed by atoms with Gasteiger partial charge in [-0.15, -0.1) is 11.3 Å². The molecule has 0 unspecified atom stereocenters. The fraction of sp³-hybridized carbons (Fsp3) is 0.167. The molecule has 72 valence electrons. The Labute approximate surface area is 96.7 Å². The lowest BCUT2D eigenvalue weighted by atomic mass is 10.1. The minimum atomic E-state index is 1.04. The average molecular weight is 267 g/mol. The Balaban J connectivity index is 2.15. The fourth-order valence-electron chi connectivity index (χ4n) is 1.35. The van der Waals surface area contributed by atoms with Crippen LogP contribution in [0.3, 0.4) is 0 Å². The van der Waals surface area contributed by atoms with E-state index in [4.69, 9.17) is 0 Å². The first-order valence-electron chi connectivity index (χ1n) is 4.54. The van der Waals surface area contributed by atoms with Crippen LogP contribution in [0.4, 0.5) is 0 Å². The molecule has 2 rings (SSSR count). The number of thiophene rings is 1. The van der Waals surface area contributed by atoms with Crippen LogP contribution in [0.15, 0.2) is 40.2 Å². The maximum absolute atomic E-state index is 3.48. The van der Waals surface area contributed by atoms with E-state index in [0.29, 0.717) is 0 Å². The van der Waals surface area contributed by atoms with Gasteiger partial charge in [0.1, 0.15) is 0 Å². The molecule has 0 aliphatic rings. The van der Waals surface area contributed by atoms with Crippen molar-refractivity contribution in [3.63, 3.8) is 0 Å². The van der Waals surface area contributed by atoms with Gasteiger partial charge in [-0.1, -0.05) is 29.8 Å². The molecule has 1 heterocycles. The smallest absolute Gasteiger partial charge is 0.0701 e. The molecule has 0 aliphatic heterocycles. The molecule has 1 aromatic carbocycles. The lowest BCUT2D eigenvalue weighted by Crippen LogP contribution is -1.83. The van der Waals surface area contributed by atoms with Crippen molar-refractivity contribution in [1.82, 2.24) is 0 Å². The summed E-state index contributed by atoms with van der Waals surface area (Å²) in [6, 6.07) is 13.0. The Kier molecular flexibility index (Phi) is 3.04. The van der Waals surface area contributed by atoms with Gasteiger partial charge >= 0.3 is 0 Å². The van der Waals surface area contributed by atoms with Crippen LogP contribution in [-0.4, -0.2) is 0 Å². The van der Waals surface area contributed by atoms with E-state index >= 15 is 0 Å². The van der Waals surface area contributed by atoms with Crippen LogP contribution in [0.1, 0.15) is 16.0 Å². The molecular weight excluding hydrogens is 256 g/mol. The highest BCUT2D eigenvalue weighted by Gasteiger charge is 1.99. The molecule has 0 spiro atoms. The highest BCUT2D eigenvalue weighted by molar-refractivity contribution is 9.11. The van der Waals surface area contributed by atoms with Gasteiger partial charge in [0.25, 0.3) is 0 Å². The van der Waals surface area contributed by atoms with Crippen molar-refractivity contribution in [3.8, 4) is 0 Å². The first-order chi connectivity index (χ1) is 6.74. The third-order valence-corrected chi connectivity index (χ3v) is 3.75. The molecule has 0 N–H and O–H groups in total. The molecule has 0 nitrogen and oxygen atoms in total. The second-order valence-electron chi connectivity index (χ2n) is 3.37. The first kappa shape index (κ1) is 9.94. The summed E-state index contributed by atoms with van der Waals surface area (Å²) in [5.41, 5.74) is 2.70. The van der Waals surface area contributed by atoms with Crippen LogP contribution < -0.4 is 0 Å². The number of rotatable bonds is 2. The maximum Gasteiger partial charge on any atom is 0.0701 e. The van der Waals surface area contributed by atoms with E-state index in [1.807, 2.05) is 0 Å². The van der Waals surface area contributed by atoms with Gasteiger partial charge in [0.05, 0.1) is 3.79 Å². The lowest BCUT2D eigenvalue weighted by molar-refractivity contribution is 1.23. The van der Waals surface area contributed by atoms with Gasteiger partial charge in [0.2, 0.25) is 0 Å². The second-order valence-corrected chi connectivity index (χ2v) is 5.92. The van der Waals surface area contributed by atoms with Crippen molar-refractivity contribution in [3.05, 3.63) is 56.2 Å². The quantitative estimate of drug-likeness (QED) is 0.756. The molecule has 2 aromatic rings. The van der Waals surface area contributed by atoms with Crippen molar-refractivity contribution in [2.24, 2.45) is 0 Å². The number of hydrogen-bond donors (Lipinski definition) is 0. The molecule has 14 heavy (non-hydrogen) atoms. The Morgan fingerprint density at radius 2 is 1.79 bits per heavy atom. The van der Waals surface area contributed by atoms with Gasteiger partial charge in [-0.05, 0) is 40.5 Å². The minimum Gasteiger partial charge on any atom is -0.133 e. The van der Waals surface area contributed by atoms with E-state index in [-0.39, 0.29) is 0 Å². The van der Waals surface area contributed by atoms with E-state index in [2.05, 4.69) is 59.3 Å². The summed E-state index contributed by atoms with van der Waals surface area (Å²) >= 11 is 5.28. The zero-order valence-electron chi connectivity index (χ0n) is 7.96. The largest absolute Gasteiger partial charge is 0.133 e. The summed E-state index contributed by atoms with van der Waals surface area (Å²) in [4.78, 5) is 1.40. The SMILES string of the molecule is Cc1ccc(Cc2ccc(Br)s2)cc1. The monoisotopic (exact) mass is 266 g/mol. The molecule has 0 radical (unpaired) electrons. The molecule has 0 atom stereocenters. The molecule has 0 saturated carbocycles. The highest BCUT2D eigenvalue weighted by Crippen LogP contribution is 2.24. The summed E-state index contributed by atoms with van der Waals surface area (Å²) in [6.45, 7) is 2.12. The van der Waals surface area contributed by atoms with Crippen molar-refractivity contribution in [2.45, 2.75) is 13.3 Å². The molecule has 2 heteroatoms. The molecule has 0 fully saturated rings. The standard InChI is InChI=1S/C12H11BrS/c1-9-2-4-10(5-3-9)8-11-6-7-12(13)14-11/h2-7H,8H2,1H3. The van der Waals surface area contributed by atoms with E-state index in [1.165, 1.54) is 19.8 Å². The van der Waals surface area contributed by atoms with E-state index in [1.54, 1.807) is 11.3 Å². The molecule has 0 aliphatic carbocycles. The maximum atomic E-state index is 3.48. The van der Waals surface area contributed by atoms with Crippen LogP contribution >= 0.6 is 27.3 Å². The topological polar surface area (TPSA) is 0 Å². The molecule has 1 aromatic heterocycles. The van der Waals surface area contributed by atoms with Gasteiger partial charge in [-0.25, -0.2) is 0 Å². The number of hydrogen-bond acceptors (Lipinski definition) is 1. The predicted molar refractivity (Wildman–Crippen MR) is 66.0 cm³/mol. The van der Waals surface area contributed by atoms with Crippen LogP contribution in [-0.2, 0) is 6.42 Å². The van der Waals surface area contributed by atoms with E-state index < -0.39 is 0 Å². The average Bonchev–Trinajstić information content (AvgIpc) is 2.56. The third-order valence-electron chi connectivity index (χ3n) is 2.13. The fourth-order valence-corrected chi connectivity index (χ4v) is 2.87. The van der Waals surface area contributed by atoms with Crippen LogP contribution in [0.25, 0.3) is 0 Å². The summed E-state index contributed by atoms with van der Waals surface area (Å²) in [7, 11) is 0. The third kappa shape index (κ3) is 2.46. The number of benzene rings is 1. The first-order valence-corrected chi connectivity index (χ1v) is 6.15. The summed E-state index contributed by atoms with van der Waals surface area (Å²) in [6.07, 6.45) is 1.04. The summed E-state index contributed by atoms with van der Waals surface area (Å²) in [5.74, 6) is 0. The highest BCUT2D eigenvalue weighted by atomic mass is 79.9. The Morgan fingerprint density at radius 1 is 1.07 bits per heavy atom. The van der Waals surface area contributed by atoms with E-state index in [9.17, 15) is 0 Å². The van der Waals surface area contributed by atoms with Crippen molar-refractivity contribution in [2.75, 3.05) is 0 Å². The van der Waals surface area contributed by atoms with Gasteiger partial charge in [-0.3, -0.25) is 0 Å². The van der Waals surface area contributed by atoms with Crippen molar-refractivity contribution >= 4 is 27.3 Å². The zero-order valence-corrected chi connectivity index (χ0v) is 10.4. The number of halogens is 1.